The van der Waals surface area contributed by atoms with Crippen molar-refractivity contribution in [2.24, 2.45) is 0 Å². The normalized spacial score (nSPS) is 11.2. The first-order valence-electron chi connectivity index (χ1n) is 8.69. The van der Waals surface area contributed by atoms with E-state index in [9.17, 15) is 27.2 Å². The van der Waals surface area contributed by atoms with Crippen molar-refractivity contribution in [2.45, 2.75) is 19.5 Å². The fourth-order valence-corrected chi connectivity index (χ4v) is 2.59. The highest BCUT2D eigenvalue weighted by molar-refractivity contribution is 6.04. The number of nitrogens with one attached hydrogen (secondary N) is 2. The predicted octanol–water partition coefficient (Wildman–Crippen LogP) is 4.03. The molecule has 0 fully saturated rings. The van der Waals surface area contributed by atoms with Crippen molar-refractivity contribution < 1.29 is 27.2 Å². The maximum Gasteiger partial charge on any atom is 0.435 e. The molecule has 7 nitrogen and oxygen atoms in total. The summed E-state index contributed by atoms with van der Waals surface area (Å²) in [5.41, 5.74) is -2.16. The average molecular weight is 421 g/mol. The van der Waals surface area contributed by atoms with Gasteiger partial charge in [0.25, 0.3) is 5.91 Å². The van der Waals surface area contributed by atoms with Crippen LogP contribution in [0.3, 0.4) is 0 Å². The van der Waals surface area contributed by atoms with E-state index in [0.717, 1.165) is 12.1 Å². The van der Waals surface area contributed by atoms with Crippen LogP contribution < -0.4 is 10.6 Å². The second-order valence-electron chi connectivity index (χ2n) is 6.11. The van der Waals surface area contributed by atoms with E-state index in [0.29, 0.717) is 10.4 Å². The maximum absolute atomic E-state index is 13.7. The van der Waals surface area contributed by atoms with Crippen molar-refractivity contribution in [1.82, 2.24) is 15.0 Å². The minimum atomic E-state index is -4.99. The van der Waals surface area contributed by atoms with E-state index in [-0.39, 0.29) is 23.7 Å². The Morgan fingerprint density at radius 2 is 1.70 bits per heavy atom. The predicted molar refractivity (Wildman–Crippen MR) is 99.6 cm³/mol. The van der Waals surface area contributed by atoms with E-state index in [4.69, 9.17) is 0 Å². The average Bonchev–Trinajstić information content (AvgIpc) is 3.14. The van der Waals surface area contributed by atoms with Crippen molar-refractivity contribution in [2.75, 3.05) is 10.6 Å². The van der Waals surface area contributed by atoms with Crippen molar-refractivity contribution in [1.29, 1.82) is 0 Å². The van der Waals surface area contributed by atoms with Crippen LogP contribution in [0.25, 0.3) is 5.69 Å². The Labute approximate surface area is 167 Å². The molecule has 0 aliphatic heterocycles. The fraction of sp³-hybridized carbons (Fsp3) is 0.158. The Hall–Kier alpha value is -3.76. The summed E-state index contributed by atoms with van der Waals surface area (Å²) in [6.07, 6.45) is -4.76. The van der Waals surface area contributed by atoms with Gasteiger partial charge in [-0.25, -0.2) is 9.07 Å². The number of nitrogens with zero attached hydrogens (tertiary/aromatic N) is 3. The van der Waals surface area contributed by atoms with Gasteiger partial charge in [-0.05, 0) is 36.4 Å². The first kappa shape index (κ1) is 21.0. The van der Waals surface area contributed by atoms with Crippen LogP contribution in [0.5, 0.6) is 0 Å². The lowest BCUT2D eigenvalue weighted by atomic mass is 10.2. The molecule has 0 saturated heterocycles. The summed E-state index contributed by atoms with van der Waals surface area (Å²) in [6.45, 7) is 1.65. The minimum absolute atomic E-state index is 0.141. The number of hydrogen-bond donors (Lipinski definition) is 2. The van der Waals surface area contributed by atoms with E-state index in [2.05, 4.69) is 20.9 Å². The van der Waals surface area contributed by atoms with Crippen LogP contribution in [0, 0.1) is 5.82 Å². The van der Waals surface area contributed by atoms with E-state index >= 15 is 0 Å². The highest BCUT2D eigenvalue weighted by atomic mass is 19.4. The standard InChI is InChI=1S/C19H15F4N5O2/c1-2-15(29)24-12-6-4-7-13(10-12)25-18(30)16-17(19(21,22)23)28(27-26-16)14-8-3-5-11(20)9-14/h3-10H,2H2,1H3,(H,24,29)(H,25,30). The first-order valence-corrected chi connectivity index (χ1v) is 8.69. The molecule has 0 spiro atoms. The van der Waals surface area contributed by atoms with Gasteiger partial charge in [-0.1, -0.05) is 24.3 Å². The summed E-state index contributed by atoms with van der Waals surface area (Å²) >= 11 is 0. The SMILES string of the molecule is CCC(=O)Nc1cccc(NC(=O)c2nnn(-c3cccc(F)c3)c2C(F)(F)F)c1. The molecular formula is C19H15F4N5O2. The third-order valence-electron chi connectivity index (χ3n) is 3.93. The van der Waals surface area contributed by atoms with Crippen molar-refractivity contribution >= 4 is 23.2 Å². The molecule has 2 amide bonds. The number of benzene rings is 2. The van der Waals surface area contributed by atoms with Crippen LogP contribution in [0.15, 0.2) is 48.5 Å². The quantitative estimate of drug-likeness (QED) is 0.609. The second kappa shape index (κ2) is 8.31. The van der Waals surface area contributed by atoms with Crippen molar-refractivity contribution in [3.05, 3.63) is 65.7 Å². The molecule has 1 heterocycles. The molecule has 11 heteroatoms. The number of carbonyl (C=O) groups excluding carboxylic acids is 2. The number of hydrogen-bond acceptors (Lipinski definition) is 4. The van der Waals surface area contributed by atoms with Gasteiger partial charge in [0.1, 0.15) is 5.82 Å². The van der Waals surface area contributed by atoms with Crippen LogP contribution in [0.1, 0.15) is 29.5 Å². The lowest BCUT2D eigenvalue weighted by molar-refractivity contribution is -0.143. The maximum atomic E-state index is 13.7. The number of rotatable bonds is 5. The van der Waals surface area contributed by atoms with Gasteiger partial charge < -0.3 is 10.6 Å². The topological polar surface area (TPSA) is 88.9 Å². The molecule has 0 radical (unpaired) electrons. The van der Waals surface area contributed by atoms with Gasteiger partial charge in [-0.15, -0.1) is 5.10 Å². The summed E-state index contributed by atoms with van der Waals surface area (Å²) < 4.78 is 54.7. The third kappa shape index (κ3) is 4.62. The highest BCUT2D eigenvalue weighted by Gasteiger charge is 2.42. The van der Waals surface area contributed by atoms with Gasteiger partial charge in [0.15, 0.2) is 11.4 Å². The first-order chi connectivity index (χ1) is 14.2. The molecule has 0 saturated carbocycles. The molecule has 30 heavy (non-hydrogen) atoms. The highest BCUT2D eigenvalue weighted by Crippen LogP contribution is 2.33. The molecule has 2 aromatic carbocycles. The summed E-state index contributed by atoms with van der Waals surface area (Å²) in [4.78, 5) is 24.0. The number of halogens is 4. The van der Waals surface area contributed by atoms with Crippen LogP contribution >= 0.6 is 0 Å². The second-order valence-corrected chi connectivity index (χ2v) is 6.11. The van der Waals surface area contributed by atoms with E-state index in [1.165, 1.54) is 30.3 Å². The lowest BCUT2D eigenvalue weighted by Crippen LogP contribution is -2.21. The van der Waals surface area contributed by atoms with E-state index in [1.807, 2.05) is 0 Å². The van der Waals surface area contributed by atoms with E-state index in [1.54, 1.807) is 13.0 Å². The third-order valence-corrected chi connectivity index (χ3v) is 3.93. The van der Waals surface area contributed by atoms with Crippen LogP contribution in [0.4, 0.5) is 28.9 Å². The Kier molecular flexibility index (Phi) is 5.81. The molecule has 2 N–H and O–H groups in total. The smallest absolute Gasteiger partial charge is 0.326 e. The molecule has 3 aromatic rings. The molecule has 3 rings (SSSR count). The molecule has 1 aromatic heterocycles. The Morgan fingerprint density at radius 1 is 1.03 bits per heavy atom. The van der Waals surface area contributed by atoms with Gasteiger partial charge in [-0.3, -0.25) is 9.59 Å². The minimum Gasteiger partial charge on any atom is -0.326 e. The van der Waals surface area contributed by atoms with Crippen molar-refractivity contribution in [3.63, 3.8) is 0 Å². The molecule has 0 unspecified atom stereocenters. The van der Waals surface area contributed by atoms with Crippen LogP contribution in [-0.4, -0.2) is 26.8 Å². The lowest BCUT2D eigenvalue weighted by Gasteiger charge is -2.12. The summed E-state index contributed by atoms with van der Waals surface area (Å²) in [5, 5.41) is 11.6. The largest absolute Gasteiger partial charge is 0.435 e. The number of anilines is 2. The molecular weight excluding hydrogens is 406 g/mol. The summed E-state index contributed by atoms with van der Waals surface area (Å²) in [5.74, 6) is -2.20. The van der Waals surface area contributed by atoms with Gasteiger partial charge in [0.05, 0.1) is 5.69 Å². The fourth-order valence-electron chi connectivity index (χ4n) is 2.59. The number of carbonyl (C=O) groups is 2. The van der Waals surface area contributed by atoms with Gasteiger partial charge in [0.2, 0.25) is 5.91 Å². The Bertz CT molecular complexity index is 1090. The van der Waals surface area contributed by atoms with Crippen LogP contribution in [-0.2, 0) is 11.0 Å². The van der Waals surface area contributed by atoms with Gasteiger partial charge in [0, 0.05) is 17.8 Å². The van der Waals surface area contributed by atoms with Gasteiger partial charge >= 0.3 is 6.18 Å². The molecule has 156 valence electrons. The number of alkyl halides is 3. The molecule has 0 aliphatic rings. The van der Waals surface area contributed by atoms with Crippen molar-refractivity contribution in [3.8, 4) is 5.69 Å². The summed E-state index contributed by atoms with van der Waals surface area (Å²) in [6, 6.07) is 10.2. The molecule has 0 atom stereocenters. The number of aromatic nitrogens is 3. The monoisotopic (exact) mass is 421 g/mol. The van der Waals surface area contributed by atoms with Crippen LogP contribution in [0.2, 0.25) is 0 Å². The zero-order chi connectivity index (χ0) is 21.9. The zero-order valence-corrected chi connectivity index (χ0v) is 15.5. The molecule has 0 aliphatic carbocycles. The van der Waals surface area contributed by atoms with Gasteiger partial charge in [-0.2, -0.15) is 13.2 Å². The Morgan fingerprint density at radius 3 is 2.33 bits per heavy atom. The zero-order valence-electron chi connectivity index (χ0n) is 15.5. The Balaban J connectivity index is 1.93. The van der Waals surface area contributed by atoms with E-state index < -0.39 is 29.3 Å². The summed E-state index contributed by atoms with van der Waals surface area (Å²) in [7, 11) is 0. The number of amides is 2. The molecule has 0 bridgehead atoms.